The lowest BCUT2D eigenvalue weighted by atomic mass is 9.77. The van der Waals surface area contributed by atoms with Crippen molar-refractivity contribution in [3.63, 3.8) is 0 Å². The minimum absolute atomic E-state index is 0.181. The minimum atomic E-state index is 0.181. The van der Waals surface area contributed by atoms with Crippen molar-refractivity contribution in [2.24, 2.45) is 0 Å². The summed E-state index contributed by atoms with van der Waals surface area (Å²) in [5.41, 5.74) is 6.32. The molecule has 3 aromatic heterocycles. The van der Waals surface area contributed by atoms with Crippen LogP contribution in [0.1, 0.15) is 31.4 Å². The fraction of sp³-hybridized carbons (Fsp3) is 0.290. The van der Waals surface area contributed by atoms with Crippen molar-refractivity contribution >= 4 is 22.3 Å². The predicted molar refractivity (Wildman–Crippen MR) is 149 cm³/mol. The molecule has 2 fully saturated rings. The second-order valence-corrected chi connectivity index (χ2v) is 10.5. The standard InChI is InChI=1S/C31H30N6O/c1-21(38)35-13-15-36(16-14-35)26-17-25(18-26)30-29-20-32-11-12-37(29)31(34-30)24-8-7-23-9-10-27(33-28(23)19-24)22-5-3-2-4-6-22/h2-12,19-20,25-26H,13-18H2,1H3. The lowest BCUT2D eigenvalue weighted by Gasteiger charge is -2.46. The second kappa shape index (κ2) is 9.33. The Labute approximate surface area is 221 Å². The van der Waals surface area contributed by atoms with E-state index < -0.39 is 0 Å². The van der Waals surface area contributed by atoms with E-state index in [1.165, 1.54) is 0 Å². The summed E-state index contributed by atoms with van der Waals surface area (Å²) in [5, 5.41) is 1.11. The lowest BCUT2D eigenvalue weighted by molar-refractivity contribution is -0.131. The second-order valence-electron chi connectivity index (χ2n) is 10.5. The van der Waals surface area contributed by atoms with Crippen molar-refractivity contribution in [1.29, 1.82) is 0 Å². The topological polar surface area (TPSA) is 66.6 Å². The highest BCUT2D eigenvalue weighted by Gasteiger charge is 2.38. The maximum absolute atomic E-state index is 11.7. The smallest absolute Gasteiger partial charge is 0.219 e. The van der Waals surface area contributed by atoms with Crippen LogP contribution < -0.4 is 0 Å². The molecule has 0 N–H and O–H groups in total. The van der Waals surface area contributed by atoms with E-state index in [1.807, 2.05) is 41.7 Å². The van der Waals surface area contributed by atoms with Gasteiger partial charge in [-0.25, -0.2) is 9.97 Å². The number of pyridine rings is 1. The van der Waals surface area contributed by atoms with E-state index >= 15 is 0 Å². The van der Waals surface area contributed by atoms with Crippen LogP contribution in [-0.2, 0) is 4.79 Å². The van der Waals surface area contributed by atoms with E-state index in [2.05, 4.69) is 56.7 Å². The number of amides is 1. The SMILES string of the molecule is CC(=O)N1CCN(C2CC(c3nc(-c4ccc5ccc(-c6ccccc6)nc5c4)n4ccncc34)C2)CC1. The Morgan fingerprint density at radius 1 is 0.895 bits per heavy atom. The molecule has 7 heteroatoms. The molecule has 190 valence electrons. The number of hydrogen-bond acceptors (Lipinski definition) is 5. The molecule has 38 heavy (non-hydrogen) atoms. The molecule has 1 aliphatic carbocycles. The van der Waals surface area contributed by atoms with Gasteiger partial charge in [-0.05, 0) is 25.0 Å². The molecule has 0 radical (unpaired) electrons. The van der Waals surface area contributed by atoms with E-state index in [4.69, 9.17) is 9.97 Å². The Bertz CT molecular complexity index is 1630. The minimum Gasteiger partial charge on any atom is -0.340 e. The molecule has 1 saturated heterocycles. The molecule has 7 nitrogen and oxygen atoms in total. The number of carbonyl (C=O) groups is 1. The quantitative estimate of drug-likeness (QED) is 0.345. The van der Waals surface area contributed by atoms with E-state index in [1.54, 1.807) is 6.92 Å². The van der Waals surface area contributed by atoms with Crippen LogP contribution in [0, 0.1) is 0 Å². The van der Waals surface area contributed by atoms with Crippen LogP contribution in [0.25, 0.3) is 39.1 Å². The molecule has 5 aromatic rings. The Kier molecular flexibility index (Phi) is 5.66. The van der Waals surface area contributed by atoms with Crippen molar-refractivity contribution in [3.05, 3.63) is 84.9 Å². The van der Waals surface area contributed by atoms with Crippen LogP contribution in [0.2, 0.25) is 0 Å². The van der Waals surface area contributed by atoms with Gasteiger partial charge in [0.1, 0.15) is 5.82 Å². The summed E-state index contributed by atoms with van der Waals surface area (Å²) in [4.78, 5) is 30.8. The van der Waals surface area contributed by atoms with Gasteiger partial charge in [0.05, 0.1) is 28.6 Å². The third-order valence-corrected chi connectivity index (χ3v) is 8.27. The highest BCUT2D eigenvalue weighted by Crippen LogP contribution is 2.42. The number of piperazine rings is 1. The maximum Gasteiger partial charge on any atom is 0.219 e. The Morgan fingerprint density at radius 3 is 2.47 bits per heavy atom. The van der Waals surface area contributed by atoms with Gasteiger partial charge in [-0.3, -0.25) is 19.1 Å². The zero-order chi connectivity index (χ0) is 25.6. The number of aromatic nitrogens is 4. The van der Waals surface area contributed by atoms with Crippen LogP contribution in [0.3, 0.4) is 0 Å². The van der Waals surface area contributed by atoms with Gasteiger partial charge >= 0.3 is 0 Å². The van der Waals surface area contributed by atoms with Gasteiger partial charge in [0.2, 0.25) is 5.91 Å². The van der Waals surface area contributed by atoms with Crippen molar-refractivity contribution < 1.29 is 4.79 Å². The monoisotopic (exact) mass is 502 g/mol. The Morgan fingerprint density at radius 2 is 1.68 bits per heavy atom. The van der Waals surface area contributed by atoms with Crippen molar-refractivity contribution in [3.8, 4) is 22.6 Å². The molecule has 1 amide bonds. The highest BCUT2D eigenvalue weighted by atomic mass is 16.2. The summed E-state index contributed by atoms with van der Waals surface area (Å²) in [6.45, 7) is 5.25. The highest BCUT2D eigenvalue weighted by molar-refractivity contribution is 5.86. The summed E-state index contributed by atoms with van der Waals surface area (Å²) >= 11 is 0. The number of nitrogens with zero attached hydrogens (tertiary/aromatic N) is 6. The lowest BCUT2D eigenvalue weighted by Crippen LogP contribution is -2.54. The van der Waals surface area contributed by atoms with E-state index in [0.717, 1.165) is 83.8 Å². The summed E-state index contributed by atoms with van der Waals surface area (Å²) < 4.78 is 2.17. The molecular weight excluding hydrogens is 472 g/mol. The summed E-state index contributed by atoms with van der Waals surface area (Å²) in [7, 11) is 0. The molecule has 0 unspecified atom stereocenters. The van der Waals surface area contributed by atoms with Crippen molar-refractivity contribution in [2.75, 3.05) is 26.2 Å². The number of fused-ring (bicyclic) bond motifs is 2. The molecule has 0 bridgehead atoms. The largest absolute Gasteiger partial charge is 0.340 e. The first-order chi connectivity index (χ1) is 18.6. The zero-order valence-electron chi connectivity index (χ0n) is 21.5. The molecule has 0 atom stereocenters. The summed E-state index contributed by atoms with van der Waals surface area (Å²) in [6, 6.07) is 21.5. The van der Waals surface area contributed by atoms with Gasteiger partial charge < -0.3 is 4.90 Å². The van der Waals surface area contributed by atoms with Gasteiger partial charge in [0.15, 0.2) is 0 Å². The molecule has 2 aromatic carbocycles. The van der Waals surface area contributed by atoms with Crippen LogP contribution >= 0.6 is 0 Å². The molecule has 1 aliphatic heterocycles. The third kappa shape index (κ3) is 4.03. The van der Waals surface area contributed by atoms with Crippen LogP contribution in [0.15, 0.2) is 79.3 Å². The van der Waals surface area contributed by atoms with Gasteiger partial charge in [-0.2, -0.15) is 0 Å². The van der Waals surface area contributed by atoms with Crippen molar-refractivity contribution in [2.45, 2.75) is 31.7 Å². The average molecular weight is 503 g/mol. The average Bonchev–Trinajstić information content (AvgIpc) is 3.32. The zero-order valence-corrected chi connectivity index (χ0v) is 21.5. The van der Waals surface area contributed by atoms with Gasteiger partial charge in [-0.15, -0.1) is 0 Å². The van der Waals surface area contributed by atoms with Gasteiger partial charge in [0.25, 0.3) is 0 Å². The van der Waals surface area contributed by atoms with E-state index in [-0.39, 0.29) is 5.91 Å². The third-order valence-electron chi connectivity index (χ3n) is 8.27. The fourth-order valence-corrected chi connectivity index (χ4v) is 6.00. The summed E-state index contributed by atoms with van der Waals surface area (Å²) in [5.74, 6) is 1.53. The normalized spacial score (nSPS) is 20.1. The van der Waals surface area contributed by atoms with E-state index in [9.17, 15) is 4.79 Å². The first kappa shape index (κ1) is 23.0. The summed E-state index contributed by atoms with van der Waals surface area (Å²) in [6.07, 6.45) is 7.97. The first-order valence-electron chi connectivity index (χ1n) is 13.4. The number of carbonyl (C=O) groups excluding carboxylic acids is 1. The molecule has 7 rings (SSSR count). The Balaban J connectivity index is 1.17. The number of rotatable bonds is 4. The molecule has 2 aliphatic rings. The van der Waals surface area contributed by atoms with Gasteiger partial charge in [-0.1, -0.05) is 48.5 Å². The van der Waals surface area contributed by atoms with Crippen molar-refractivity contribution in [1.82, 2.24) is 29.2 Å². The molecule has 1 saturated carbocycles. The predicted octanol–water partition coefficient (Wildman–Crippen LogP) is 5.02. The molecular formula is C31H30N6O. The number of imidazole rings is 1. The van der Waals surface area contributed by atoms with Crippen LogP contribution in [0.5, 0.6) is 0 Å². The van der Waals surface area contributed by atoms with Crippen LogP contribution in [0.4, 0.5) is 0 Å². The fourth-order valence-electron chi connectivity index (χ4n) is 6.00. The molecule has 0 spiro atoms. The molecule has 4 heterocycles. The Hall–Kier alpha value is -4.10. The number of benzene rings is 2. The van der Waals surface area contributed by atoms with Gasteiger partial charge in [0, 0.05) is 74.0 Å². The maximum atomic E-state index is 11.7. The number of hydrogen-bond donors (Lipinski definition) is 0. The van der Waals surface area contributed by atoms with Crippen LogP contribution in [-0.4, -0.2) is 67.3 Å². The van der Waals surface area contributed by atoms with E-state index in [0.29, 0.717) is 12.0 Å². The first-order valence-corrected chi connectivity index (χ1v) is 13.4.